The largest absolute Gasteiger partial charge is 0.397 e. The minimum absolute atomic E-state index is 0.158. The highest BCUT2D eigenvalue weighted by Crippen LogP contribution is 2.33. The summed E-state index contributed by atoms with van der Waals surface area (Å²) in [6.45, 7) is 4.11. The van der Waals surface area contributed by atoms with Crippen LogP contribution < -0.4 is 11.1 Å². The van der Waals surface area contributed by atoms with E-state index in [1.165, 1.54) is 11.3 Å². The average molecular weight is 258 g/mol. The first-order valence-electron chi connectivity index (χ1n) is 5.60. The first-order chi connectivity index (χ1) is 8.63. The van der Waals surface area contributed by atoms with Gasteiger partial charge in [-0.25, -0.2) is 0 Å². The number of anilines is 1. The van der Waals surface area contributed by atoms with E-state index in [1.807, 2.05) is 25.1 Å². The highest BCUT2D eigenvalue weighted by atomic mass is 32.1. The van der Waals surface area contributed by atoms with Crippen molar-refractivity contribution in [2.24, 2.45) is 0 Å². The van der Waals surface area contributed by atoms with Gasteiger partial charge in [0.05, 0.1) is 12.2 Å². The molecule has 92 valence electrons. The maximum absolute atomic E-state index is 11.9. The summed E-state index contributed by atoms with van der Waals surface area (Å²) >= 11 is 1.42. The zero-order valence-electron chi connectivity index (χ0n) is 10.3. The Bertz CT molecular complexity index is 661. The predicted octanol–water partition coefficient (Wildman–Crippen LogP) is 2.55. The molecule has 1 heterocycles. The van der Waals surface area contributed by atoms with Crippen LogP contribution in [0, 0.1) is 18.8 Å². The average Bonchev–Trinajstić information content (AvgIpc) is 2.66. The first-order valence-corrected chi connectivity index (χ1v) is 6.41. The number of hydrogen-bond donors (Lipinski definition) is 2. The zero-order valence-corrected chi connectivity index (χ0v) is 11.1. The molecule has 0 saturated carbocycles. The van der Waals surface area contributed by atoms with Crippen molar-refractivity contribution in [2.75, 3.05) is 12.3 Å². The summed E-state index contributed by atoms with van der Waals surface area (Å²) < 4.78 is 1.04. The molecule has 2 aromatic rings. The van der Waals surface area contributed by atoms with Gasteiger partial charge in [-0.2, -0.15) is 0 Å². The predicted molar refractivity (Wildman–Crippen MR) is 76.8 cm³/mol. The van der Waals surface area contributed by atoms with Gasteiger partial charge >= 0.3 is 0 Å². The highest BCUT2D eigenvalue weighted by Gasteiger charge is 2.15. The van der Waals surface area contributed by atoms with Crippen molar-refractivity contribution in [3.05, 3.63) is 28.6 Å². The second kappa shape index (κ2) is 5.11. The number of nitrogens with one attached hydrogen (secondary N) is 1. The van der Waals surface area contributed by atoms with Crippen LogP contribution in [-0.4, -0.2) is 12.5 Å². The quantitative estimate of drug-likeness (QED) is 0.813. The third-order valence-electron chi connectivity index (χ3n) is 2.60. The molecule has 0 bridgehead atoms. The minimum atomic E-state index is -0.158. The zero-order chi connectivity index (χ0) is 13.1. The topological polar surface area (TPSA) is 55.1 Å². The fourth-order valence-corrected chi connectivity index (χ4v) is 2.82. The summed E-state index contributed by atoms with van der Waals surface area (Å²) in [6.07, 6.45) is 0. The first kappa shape index (κ1) is 12.5. The Labute approximate surface area is 110 Å². The van der Waals surface area contributed by atoms with Crippen molar-refractivity contribution in [3.8, 4) is 11.8 Å². The van der Waals surface area contributed by atoms with Gasteiger partial charge < -0.3 is 11.1 Å². The van der Waals surface area contributed by atoms with Crippen molar-refractivity contribution in [1.29, 1.82) is 0 Å². The lowest BCUT2D eigenvalue weighted by molar-refractivity contribution is 0.0963. The number of amides is 1. The number of fused-ring (bicyclic) bond motifs is 1. The Morgan fingerprint density at radius 3 is 3.00 bits per heavy atom. The summed E-state index contributed by atoms with van der Waals surface area (Å²) in [5.41, 5.74) is 7.72. The standard InChI is InChI=1S/C14H14N2OS/c1-3-4-7-16-14(17)13-12(15)10-6-5-9(2)8-11(10)18-13/h5-6,8H,7,15H2,1-2H3,(H,16,17). The molecule has 1 aromatic carbocycles. The molecule has 0 aliphatic carbocycles. The smallest absolute Gasteiger partial charge is 0.264 e. The van der Waals surface area contributed by atoms with Gasteiger partial charge in [0, 0.05) is 10.1 Å². The number of thiophene rings is 1. The molecule has 0 spiro atoms. The Morgan fingerprint density at radius 1 is 1.50 bits per heavy atom. The molecule has 0 saturated heterocycles. The van der Waals surface area contributed by atoms with Gasteiger partial charge in [-0.3, -0.25) is 4.79 Å². The Hall–Kier alpha value is -1.99. The summed E-state index contributed by atoms with van der Waals surface area (Å²) in [6, 6.07) is 5.99. The van der Waals surface area contributed by atoms with Crippen LogP contribution in [0.1, 0.15) is 22.2 Å². The summed E-state index contributed by atoms with van der Waals surface area (Å²) in [4.78, 5) is 12.5. The number of carbonyl (C=O) groups is 1. The van der Waals surface area contributed by atoms with E-state index in [0.29, 0.717) is 17.1 Å². The molecule has 0 radical (unpaired) electrons. The number of nitrogens with two attached hydrogens (primary N) is 1. The monoisotopic (exact) mass is 258 g/mol. The minimum Gasteiger partial charge on any atom is -0.397 e. The highest BCUT2D eigenvalue weighted by molar-refractivity contribution is 7.21. The van der Waals surface area contributed by atoms with Crippen LogP contribution in [0.2, 0.25) is 0 Å². The molecule has 1 amide bonds. The molecule has 4 heteroatoms. The van der Waals surface area contributed by atoms with Crippen molar-refractivity contribution < 1.29 is 4.79 Å². The third-order valence-corrected chi connectivity index (χ3v) is 3.77. The molecule has 2 rings (SSSR count). The van der Waals surface area contributed by atoms with Gasteiger partial charge in [0.1, 0.15) is 4.88 Å². The third kappa shape index (κ3) is 2.31. The lowest BCUT2D eigenvalue weighted by Gasteiger charge is -1.99. The van der Waals surface area contributed by atoms with Crippen LogP contribution in [0.15, 0.2) is 18.2 Å². The Kier molecular flexibility index (Phi) is 3.54. The number of aryl methyl sites for hydroxylation is 1. The van der Waals surface area contributed by atoms with Gasteiger partial charge in [-0.05, 0) is 25.5 Å². The van der Waals surface area contributed by atoms with Crippen molar-refractivity contribution >= 4 is 33.0 Å². The van der Waals surface area contributed by atoms with E-state index in [0.717, 1.165) is 15.6 Å². The molecule has 3 nitrogen and oxygen atoms in total. The van der Waals surface area contributed by atoms with Crippen molar-refractivity contribution in [3.63, 3.8) is 0 Å². The lowest BCUT2D eigenvalue weighted by atomic mass is 10.1. The van der Waals surface area contributed by atoms with Gasteiger partial charge in [0.2, 0.25) is 0 Å². The normalized spacial score (nSPS) is 9.89. The molecule has 1 aromatic heterocycles. The number of benzene rings is 1. The summed E-state index contributed by atoms with van der Waals surface area (Å²) in [5.74, 6) is 5.37. The van der Waals surface area contributed by atoms with Crippen LogP contribution in [0.4, 0.5) is 5.69 Å². The Balaban J connectivity index is 2.35. The molecule has 0 aliphatic rings. The van der Waals surface area contributed by atoms with Crippen LogP contribution in [0.25, 0.3) is 10.1 Å². The van der Waals surface area contributed by atoms with E-state index >= 15 is 0 Å². The van der Waals surface area contributed by atoms with Crippen LogP contribution >= 0.6 is 11.3 Å². The fraction of sp³-hybridized carbons (Fsp3) is 0.214. The van der Waals surface area contributed by atoms with Crippen molar-refractivity contribution in [2.45, 2.75) is 13.8 Å². The second-order valence-electron chi connectivity index (χ2n) is 3.95. The number of carbonyl (C=O) groups excluding carboxylic acids is 1. The van der Waals surface area contributed by atoms with E-state index in [2.05, 4.69) is 17.2 Å². The van der Waals surface area contributed by atoms with Gasteiger partial charge in [0.15, 0.2) is 0 Å². The number of nitrogen functional groups attached to an aromatic ring is 1. The summed E-state index contributed by atoms with van der Waals surface area (Å²) in [5, 5.41) is 3.68. The molecule has 0 fully saturated rings. The maximum atomic E-state index is 11.9. The SMILES string of the molecule is CC#CCNC(=O)c1sc2cc(C)ccc2c1N. The van der Waals surface area contributed by atoms with E-state index in [4.69, 9.17) is 5.73 Å². The molecule has 18 heavy (non-hydrogen) atoms. The van der Waals surface area contributed by atoms with Crippen LogP contribution in [0.3, 0.4) is 0 Å². The Morgan fingerprint density at radius 2 is 2.28 bits per heavy atom. The second-order valence-corrected chi connectivity index (χ2v) is 5.01. The fourth-order valence-electron chi connectivity index (χ4n) is 1.69. The number of hydrogen-bond acceptors (Lipinski definition) is 3. The molecule has 0 unspecified atom stereocenters. The molecular weight excluding hydrogens is 244 g/mol. The molecular formula is C14H14N2OS. The van der Waals surface area contributed by atoms with E-state index in [9.17, 15) is 4.79 Å². The summed E-state index contributed by atoms with van der Waals surface area (Å²) in [7, 11) is 0. The maximum Gasteiger partial charge on any atom is 0.264 e. The van der Waals surface area contributed by atoms with Gasteiger partial charge in [-0.15, -0.1) is 17.3 Å². The molecule has 0 atom stereocenters. The molecule has 0 aliphatic heterocycles. The van der Waals surface area contributed by atoms with E-state index < -0.39 is 0 Å². The number of rotatable bonds is 2. The van der Waals surface area contributed by atoms with E-state index in [-0.39, 0.29) is 5.91 Å². The molecule has 3 N–H and O–H groups in total. The van der Waals surface area contributed by atoms with Crippen molar-refractivity contribution in [1.82, 2.24) is 5.32 Å². The van der Waals surface area contributed by atoms with Gasteiger partial charge in [0.25, 0.3) is 5.91 Å². The van der Waals surface area contributed by atoms with Gasteiger partial charge in [-0.1, -0.05) is 18.1 Å². The lowest BCUT2D eigenvalue weighted by Crippen LogP contribution is -2.23. The van der Waals surface area contributed by atoms with Crippen LogP contribution in [0.5, 0.6) is 0 Å². The van der Waals surface area contributed by atoms with Crippen LogP contribution in [-0.2, 0) is 0 Å². The van der Waals surface area contributed by atoms with E-state index in [1.54, 1.807) is 6.92 Å².